The number of carbonyl (C=O) groups is 1. The zero-order valence-corrected chi connectivity index (χ0v) is 18.2. The Kier molecular flexibility index (Phi) is 5.91. The SMILES string of the molecule is CS(=O)(=O)c1ccc2nc(NC(=O)c3ccccc3SCC3CCCO3)sc2c1. The summed E-state index contributed by atoms with van der Waals surface area (Å²) in [6.07, 6.45) is 3.56. The van der Waals surface area contributed by atoms with Crippen LogP contribution < -0.4 is 5.32 Å². The van der Waals surface area contributed by atoms with Crippen LogP contribution in [0.15, 0.2) is 52.3 Å². The van der Waals surface area contributed by atoms with Crippen LogP contribution in [0.2, 0.25) is 0 Å². The highest BCUT2D eigenvalue weighted by molar-refractivity contribution is 7.99. The van der Waals surface area contributed by atoms with Crippen LogP contribution in [0.1, 0.15) is 23.2 Å². The van der Waals surface area contributed by atoms with Crippen LogP contribution in [0.4, 0.5) is 5.13 Å². The molecule has 0 spiro atoms. The van der Waals surface area contributed by atoms with Gasteiger partial charge in [-0.15, -0.1) is 11.8 Å². The highest BCUT2D eigenvalue weighted by atomic mass is 32.2. The lowest BCUT2D eigenvalue weighted by Gasteiger charge is -2.11. The van der Waals surface area contributed by atoms with E-state index < -0.39 is 9.84 Å². The molecule has 2 aromatic carbocycles. The Labute approximate surface area is 177 Å². The average Bonchev–Trinajstić information content (AvgIpc) is 3.34. The van der Waals surface area contributed by atoms with Crippen molar-refractivity contribution in [3.8, 4) is 0 Å². The average molecular weight is 449 g/mol. The maximum absolute atomic E-state index is 12.8. The summed E-state index contributed by atoms with van der Waals surface area (Å²) in [7, 11) is -3.29. The molecule has 1 fully saturated rings. The molecule has 0 bridgehead atoms. The first-order chi connectivity index (χ1) is 13.9. The number of hydrogen-bond acceptors (Lipinski definition) is 7. The highest BCUT2D eigenvalue weighted by Gasteiger charge is 2.19. The summed E-state index contributed by atoms with van der Waals surface area (Å²) < 4.78 is 29.9. The van der Waals surface area contributed by atoms with Crippen molar-refractivity contribution in [2.75, 3.05) is 23.9 Å². The maximum Gasteiger partial charge on any atom is 0.258 e. The molecule has 1 atom stereocenters. The van der Waals surface area contributed by atoms with Gasteiger partial charge in [0.25, 0.3) is 5.91 Å². The van der Waals surface area contributed by atoms with Crippen LogP contribution in [0, 0.1) is 0 Å². The van der Waals surface area contributed by atoms with Crippen molar-refractivity contribution >= 4 is 54.2 Å². The number of fused-ring (bicyclic) bond motifs is 1. The number of anilines is 1. The second-order valence-electron chi connectivity index (χ2n) is 6.82. The zero-order chi connectivity index (χ0) is 20.4. The first-order valence-corrected chi connectivity index (χ1v) is 12.8. The molecule has 1 saturated heterocycles. The summed E-state index contributed by atoms with van der Waals surface area (Å²) in [5.74, 6) is 0.586. The van der Waals surface area contributed by atoms with Gasteiger partial charge in [-0.2, -0.15) is 0 Å². The van der Waals surface area contributed by atoms with Crippen molar-refractivity contribution < 1.29 is 17.9 Å². The number of nitrogens with zero attached hydrogens (tertiary/aromatic N) is 1. The molecule has 1 unspecified atom stereocenters. The third kappa shape index (κ3) is 4.80. The molecule has 9 heteroatoms. The lowest BCUT2D eigenvalue weighted by molar-refractivity contribution is 0.102. The Morgan fingerprint density at radius 3 is 2.90 bits per heavy atom. The first-order valence-electron chi connectivity index (χ1n) is 9.15. The van der Waals surface area contributed by atoms with Gasteiger partial charge in [-0.1, -0.05) is 23.5 Å². The Morgan fingerprint density at radius 1 is 1.31 bits per heavy atom. The number of nitrogens with one attached hydrogen (secondary N) is 1. The predicted octanol–water partition coefficient (Wildman–Crippen LogP) is 4.22. The number of sulfone groups is 1. The predicted molar refractivity (Wildman–Crippen MR) is 117 cm³/mol. The van der Waals surface area contributed by atoms with Crippen molar-refractivity contribution in [1.82, 2.24) is 4.98 Å². The van der Waals surface area contributed by atoms with Crippen molar-refractivity contribution in [3.05, 3.63) is 48.0 Å². The van der Waals surface area contributed by atoms with Crippen LogP contribution in [0.25, 0.3) is 10.2 Å². The maximum atomic E-state index is 12.8. The number of thiazole rings is 1. The van der Waals surface area contributed by atoms with E-state index in [4.69, 9.17) is 4.74 Å². The smallest absolute Gasteiger partial charge is 0.258 e. The van der Waals surface area contributed by atoms with Crippen LogP contribution >= 0.6 is 23.1 Å². The topological polar surface area (TPSA) is 85.4 Å². The summed E-state index contributed by atoms with van der Waals surface area (Å²) in [6.45, 7) is 0.812. The molecule has 152 valence electrons. The minimum Gasteiger partial charge on any atom is -0.377 e. The number of rotatable bonds is 6. The molecule has 0 radical (unpaired) electrons. The standard InChI is InChI=1S/C20H20N2O4S3/c1-29(24,25)14-8-9-16-18(11-14)28-20(21-16)22-19(23)15-6-2-3-7-17(15)27-12-13-5-4-10-26-13/h2-3,6-9,11,13H,4-5,10,12H2,1H3,(H,21,22,23). The van der Waals surface area contributed by atoms with E-state index in [0.29, 0.717) is 20.9 Å². The van der Waals surface area contributed by atoms with Gasteiger partial charge in [0, 0.05) is 23.5 Å². The molecule has 3 aromatic rings. The van der Waals surface area contributed by atoms with Gasteiger partial charge in [0.15, 0.2) is 15.0 Å². The number of benzene rings is 2. The number of amides is 1. The fourth-order valence-corrected chi connectivity index (χ4v) is 5.83. The molecular weight excluding hydrogens is 428 g/mol. The second kappa shape index (κ2) is 8.43. The van der Waals surface area contributed by atoms with Gasteiger partial charge in [-0.3, -0.25) is 10.1 Å². The van der Waals surface area contributed by atoms with Crippen molar-refractivity contribution in [1.29, 1.82) is 0 Å². The van der Waals surface area contributed by atoms with E-state index in [1.165, 1.54) is 23.7 Å². The van der Waals surface area contributed by atoms with Gasteiger partial charge in [0.05, 0.1) is 26.8 Å². The summed E-state index contributed by atoms with van der Waals surface area (Å²) in [5, 5.41) is 3.29. The van der Waals surface area contributed by atoms with E-state index in [-0.39, 0.29) is 16.9 Å². The number of aromatic nitrogens is 1. The molecule has 6 nitrogen and oxygen atoms in total. The third-order valence-corrected chi connectivity index (χ3v) is 7.84. The Balaban J connectivity index is 1.52. The number of ether oxygens (including phenoxy) is 1. The second-order valence-corrected chi connectivity index (χ2v) is 10.9. The lowest BCUT2D eigenvalue weighted by Crippen LogP contribution is -2.14. The Bertz CT molecular complexity index is 1150. The molecular formula is C20H20N2O4S3. The number of thioether (sulfide) groups is 1. The molecule has 1 aromatic heterocycles. The molecule has 4 rings (SSSR count). The van der Waals surface area contributed by atoms with Gasteiger partial charge < -0.3 is 4.74 Å². The molecule has 2 heterocycles. The molecule has 1 amide bonds. The fourth-order valence-electron chi connectivity index (χ4n) is 3.09. The highest BCUT2D eigenvalue weighted by Crippen LogP contribution is 2.30. The van der Waals surface area contributed by atoms with Gasteiger partial charge in [-0.25, -0.2) is 13.4 Å². The molecule has 0 saturated carbocycles. The Hall–Kier alpha value is -1.94. The van der Waals surface area contributed by atoms with Crippen LogP contribution in [-0.2, 0) is 14.6 Å². The first kappa shape index (κ1) is 20.3. The Morgan fingerprint density at radius 2 is 2.14 bits per heavy atom. The summed E-state index contributed by atoms with van der Waals surface area (Å²) in [5.41, 5.74) is 1.24. The van der Waals surface area contributed by atoms with Crippen molar-refractivity contribution in [2.24, 2.45) is 0 Å². The van der Waals surface area contributed by atoms with Crippen LogP contribution in [0.5, 0.6) is 0 Å². The van der Waals surface area contributed by atoms with Crippen molar-refractivity contribution in [3.63, 3.8) is 0 Å². The van der Waals surface area contributed by atoms with E-state index in [1.807, 2.05) is 18.2 Å². The number of carbonyl (C=O) groups excluding carboxylic acids is 1. The van der Waals surface area contributed by atoms with Crippen molar-refractivity contribution in [2.45, 2.75) is 28.7 Å². The number of hydrogen-bond donors (Lipinski definition) is 1. The normalized spacial score (nSPS) is 16.9. The van der Waals surface area contributed by atoms with Gasteiger partial charge >= 0.3 is 0 Å². The molecule has 0 aliphatic carbocycles. The molecule has 29 heavy (non-hydrogen) atoms. The largest absolute Gasteiger partial charge is 0.377 e. The molecule has 1 aliphatic heterocycles. The van der Waals surface area contributed by atoms with Crippen LogP contribution in [-0.4, -0.2) is 44.0 Å². The zero-order valence-electron chi connectivity index (χ0n) is 15.8. The van der Waals surface area contributed by atoms with Crippen LogP contribution in [0.3, 0.4) is 0 Å². The fraction of sp³-hybridized carbons (Fsp3) is 0.300. The minimum atomic E-state index is -3.29. The monoisotopic (exact) mass is 448 g/mol. The van der Waals surface area contributed by atoms with E-state index in [9.17, 15) is 13.2 Å². The van der Waals surface area contributed by atoms with E-state index >= 15 is 0 Å². The summed E-state index contributed by atoms with van der Waals surface area (Å²) in [6, 6.07) is 12.3. The van der Waals surface area contributed by atoms with Gasteiger partial charge in [0.2, 0.25) is 0 Å². The van der Waals surface area contributed by atoms with Gasteiger partial charge in [0.1, 0.15) is 0 Å². The van der Waals surface area contributed by atoms with E-state index in [0.717, 1.165) is 30.1 Å². The third-order valence-electron chi connectivity index (χ3n) is 4.59. The molecule has 1 N–H and O–H groups in total. The summed E-state index contributed by atoms with van der Waals surface area (Å²) >= 11 is 2.88. The minimum absolute atomic E-state index is 0.233. The van der Waals surface area contributed by atoms with Gasteiger partial charge in [-0.05, 0) is 43.2 Å². The summed E-state index contributed by atoms with van der Waals surface area (Å²) in [4.78, 5) is 18.4. The molecule has 1 aliphatic rings. The quantitative estimate of drug-likeness (QED) is 0.568. The van der Waals surface area contributed by atoms with E-state index in [2.05, 4.69) is 10.3 Å². The van der Waals surface area contributed by atoms with E-state index in [1.54, 1.807) is 30.0 Å². The lowest BCUT2D eigenvalue weighted by atomic mass is 10.2.